The smallest absolute Gasteiger partial charge is 0.311 e. The van der Waals surface area contributed by atoms with Crippen molar-refractivity contribution in [1.82, 2.24) is 0 Å². The van der Waals surface area contributed by atoms with E-state index in [1.807, 2.05) is 13.8 Å². The summed E-state index contributed by atoms with van der Waals surface area (Å²) in [7, 11) is 0. The minimum absolute atomic E-state index is 0.0712. The predicted molar refractivity (Wildman–Crippen MR) is 66.8 cm³/mol. The first-order valence-corrected chi connectivity index (χ1v) is 6.16. The molecule has 1 heterocycles. The Bertz CT molecular complexity index is 477. The maximum Gasteiger partial charge on any atom is 0.311 e. The number of hydrogen-bond acceptors (Lipinski definition) is 4. The number of hydrogen-bond donors (Lipinski definition) is 1. The number of ether oxygens (including phenoxy) is 2. The van der Waals surface area contributed by atoms with Gasteiger partial charge < -0.3 is 14.6 Å². The summed E-state index contributed by atoms with van der Waals surface area (Å²) in [4.78, 5) is 22.3. The minimum atomic E-state index is -1.02. The fraction of sp³-hybridized carbons (Fsp3) is 0.429. The van der Waals surface area contributed by atoms with Gasteiger partial charge in [0.05, 0.1) is 12.5 Å². The number of carbonyl (C=O) groups is 2. The largest absolute Gasteiger partial charge is 0.491 e. The van der Waals surface area contributed by atoms with Gasteiger partial charge in [-0.25, -0.2) is 0 Å². The van der Waals surface area contributed by atoms with Crippen LogP contribution in [0.3, 0.4) is 0 Å². The van der Waals surface area contributed by atoms with E-state index in [-0.39, 0.29) is 12.5 Å². The van der Waals surface area contributed by atoms with Crippen LogP contribution in [0.25, 0.3) is 0 Å². The summed E-state index contributed by atoms with van der Waals surface area (Å²) < 4.78 is 10.6. The molecular weight excluding hydrogens is 248 g/mol. The molecule has 102 valence electrons. The summed E-state index contributed by atoms with van der Waals surface area (Å²) in [5.41, 5.74) is 0.675. The van der Waals surface area contributed by atoms with E-state index < -0.39 is 24.0 Å². The molecule has 1 N–H and O–H groups in total. The zero-order valence-corrected chi connectivity index (χ0v) is 10.8. The van der Waals surface area contributed by atoms with Crippen LogP contribution in [-0.4, -0.2) is 23.1 Å². The van der Waals surface area contributed by atoms with E-state index in [0.29, 0.717) is 11.3 Å². The Balaban J connectivity index is 2.17. The van der Waals surface area contributed by atoms with Crippen molar-refractivity contribution in [2.45, 2.75) is 32.5 Å². The van der Waals surface area contributed by atoms with Gasteiger partial charge in [-0.15, -0.1) is 0 Å². The van der Waals surface area contributed by atoms with Crippen LogP contribution in [0, 0.1) is 5.92 Å². The summed E-state index contributed by atoms with van der Waals surface area (Å²) >= 11 is 0. The van der Waals surface area contributed by atoms with Crippen LogP contribution in [0.5, 0.6) is 5.75 Å². The van der Waals surface area contributed by atoms with Gasteiger partial charge in [-0.2, -0.15) is 0 Å². The topological polar surface area (TPSA) is 72.8 Å². The third-order valence-electron chi connectivity index (χ3n) is 2.91. The van der Waals surface area contributed by atoms with Gasteiger partial charge in [-0.05, 0) is 31.5 Å². The average Bonchev–Trinajstić information content (AvgIpc) is 2.72. The molecule has 0 spiro atoms. The zero-order valence-electron chi connectivity index (χ0n) is 10.8. The first kappa shape index (κ1) is 13.4. The Morgan fingerprint density at radius 1 is 1.37 bits per heavy atom. The lowest BCUT2D eigenvalue weighted by Gasteiger charge is -2.15. The maximum absolute atomic E-state index is 11.2. The fourth-order valence-corrected chi connectivity index (χ4v) is 2.08. The van der Waals surface area contributed by atoms with Crippen LogP contribution in [0.15, 0.2) is 24.3 Å². The van der Waals surface area contributed by atoms with E-state index in [4.69, 9.17) is 14.6 Å². The van der Waals surface area contributed by atoms with Gasteiger partial charge in [-0.3, -0.25) is 9.59 Å². The van der Waals surface area contributed by atoms with E-state index >= 15 is 0 Å². The second kappa shape index (κ2) is 5.30. The molecule has 2 atom stereocenters. The van der Waals surface area contributed by atoms with E-state index in [0.717, 1.165) is 0 Å². The summed E-state index contributed by atoms with van der Waals surface area (Å²) in [5, 5.41) is 9.08. The van der Waals surface area contributed by atoms with Crippen LogP contribution < -0.4 is 4.74 Å². The Morgan fingerprint density at radius 3 is 2.53 bits per heavy atom. The number of aliphatic carboxylic acids is 1. The molecule has 1 aromatic rings. The van der Waals surface area contributed by atoms with E-state index in [1.54, 1.807) is 24.3 Å². The number of cyclic esters (lactones) is 1. The molecule has 0 aliphatic carbocycles. The number of rotatable bonds is 4. The molecule has 5 heteroatoms. The number of benzene rings is 1. The maximum atomic E-state index is 11.2. The second-order valence-electron chi connectivity index (χ2n) is 4.79. The number of esters is 1. The Hall–Kier alpha value is -2.04. The summed E-state index contributed by atoms with van der Waals surface area (Å²) in [6.07, 6.45) is -0.718. The van der Waals surface area contributed by atoms with Gasteiger partial charge >= 0.3 is 11.9 Å². The molecule has 1 saturated heterocycles. The first-order chi connectivity index (χ1) is 8.97. The van der Waals surface area contributed by atoms with Gasteiger partial charge in [0.1, 0.15) is 17.8 Å². The number of carboxylic acid groups (broad SMARTS) is 1. The van der Waals surface area contributed by atoms with Crippen molar-refractivity contribution in [3.63, 3.8) is 0 Å². The highest BCUT2D eigenvalue weighted by Gasteiger charge is 2.40. The highest BCUT2D eigenvalue weighted by molar-refractivity contribution is 5.82. The zero-order chi connectivity index (χ0) is 14.0. The lowest BCUT2D eigenvalue weighted by atomic mass is 9.95. The van der Waals surface area contributed by atoms with Gasteiger partial charge in [0.15, 0.2) is 0 Å². The molecule has 2 rings (SSSR count). The highest BCUT2D eigenvalue weighted by Crippen LogP contribution is 2.36. The molecule has 0 saturated carbocycles. The molecular formula is C14H16O5. The van der Waals surface area contributed by atoms with E-state index in [1.165, 1.54) is 0 Å². The first-order valence-electron chi connectivity index (χ1n) is 6.16. The van der Waals surface area contributed by atoms with Crippen LogP contribution in [-0.2, 0) is 14.3 Å². The van der Waals surface area contributed by atoms with Gasteiger partial charge in [0.2, 0.25) is 0 Å². The quantitative estimate of drug-likeness (QED) is 0.844. The van der Waals surface area contributed by atoms with Crippen molar-refractivity contribution < 1.29 is 24.2 Å². The molecule has 19 heavy (non-hydrogen) atoms. The van der Waals surface area contributed by atoms with Crippen LogP contribution in [0.1, 0.15) is 31.9 Å². The molecule has 0 aromatic heterocycles. The third kappa shape index (κ3) is 3.05. The molecule has 1 aromatic carbocycles. The van der Waals surface area contributed by atoms with Crippen molar-refractivity contribution >= 4 is 11.9 Å². The summed E-state index contributed by atoms with van der Waals surface area (Å²) in [5.74, 6) is -1.60. The predicted octanol–water partition coefficient (Wildman–Crippen LogP) is 2.16. The van der Waals surface area contributed by atoms with Crippen molar-refractivity contribution in [2.24, 2.45) is 5.92 Å². The van der Waals surface area contributed by atoms with E-state index in [9.17, 15) is 9.59 Å². The standard InChI is InChI=1S/C14H16O5/c1-8(2)18-10-5-3-9(4-6-10)13-11(14(16)17)7-12(15)19-13/h3-6,8,11,13H,7H2,1-2H3,(H,16,17)/t11-,13-/m1/s1. The molecule has 5 nitrogen and oxygen atoms in total. The van der Waals surface area contributed by atoms with Crippen molar-refractivity contribution in [2.75, 3.05) is 0 Å². The van der Waals surface area contributed by atoms with Crippen LogP contribution in [0.2, 0.25) is 0 Å². The molecule has 0 unspecified atom stereocenters. The molecule has 0 bridgehead atoms. The Kier molecular flexibility index (Phi) is 3.74. The average molecular weight is 264 g/mol. The minimum Gasteiger partial charge on any atom is -0.491 e. The monoisotopic (exact) mass is 264 g/mol. The van der Waals surface area contributed by atoms with Gasteiger partial charge in [-0.1, -0.05) is 12.1 Å². The SMILES string of the molecule is CC(C)Oc1ccc([C@H]2OC(=O)C[C@H]2C(=O)O)cc1. The molecule has 0 radical (unpaired) electrons. The van der Waals surface area contributed by atoms with Crippen molar-refractivity contribution in [1.29, 1.82) is 0 Å². The second-order valence-corrected chi connectivity index (χ2v) is 4.79. The van der Waals surface area contributed by atoms with Crippen LogP contribution in [0.4, 0.5) is 0 Å². The Morgan fingerprint density at radius 2 is 2.00 bits per heavy atom. The van der Waals surface area contributed by atoms with Crippen molar-refractivity contribution in [3.05, 3.63) is 29.8 Å². The Labute approximate surface area is 111 Å². The molecule has 1 aliphatic rings. The third-order valence-corrected chi connectivity index (χ3v) is 2.91. The molecule has 1 fully saturated rings. The lowest BCUT2D eigenvalue weighted by Crippen LogP contribution is -2.17. The fourth-order valence-electron chi connectivity index (χ4n) is 2.08. The van der Waals surface area contributed by atoms with Crippen LogP contribution >= 0.6 is 0 Å². The van der Waals surface area contributed by atoms with Gasteiger partial charge in [0, 0.05) is 0 Å². The highest BCUT2D eigenvalue weighted by atomic mass is 16.6. The normalized spacial score (nSPS) is 22.4. The molecule has 0 amide bonds. The van der Waals surface area contributed by atoms with Crippen molar-refractivity contribution in [3.8, 4) is 5.75 Å². The summed E-state index contributed by atoms with van der Waals surface area (Å²) in [6, 6.07) is 6.97. The molecule has 1 aliphatic heterocycles. The van der Waals surface area contributed by atoms with Gasteiger partial charge in [0.25, 0.3) is 0 Å². The number of carbonyl (C=O) groups excluding carboxylic acids is 1. The van der Waals surface area contributed by atoms with E-state index in [2.05, 4.69) is 0 Å². The lowest BCUT2D eigenvalue weighted by molar-refractivity contribution is -0.144. The summed E-state index contributed by atoms with van der Waals surface area (Å²) in [6.45, 7) is 3.85. The number of carboxylic acids is 1.